The monoisotopic (exact) mass is 482 g/mol. The Hall–Kier alpha value is -4.52. The fourth-order valence-electron chi connectivity index (χ4n) is 3.59. The number of hydrogen-bond acceptors (Lipinski definition) is 8. The van der Waals surface area contributed by atoms with Gasteiger partial charge in [0.2, 0.25) is 5.95 Å². The van der Waals surface area contributed by atoms with Crippen LogP contribution in [0.3, 0.4) is 0 Å². The quantitative estimate of drug-likeness (QED) is 0.195. The van der Waals surface area contributed by atoms with Crippen molar-refractivity contribution in [2.45, 2.75) is 18.9 Å². The van der Waals surface area contributed by atoms with Crippen LogP contribution in [0, 0.1) is 10.1 Å². The van der Waals surface area contributed by atoms with E-state index in [0.29, 0.717) is 16.6 Å². The predicted octanol–water partition coefficient (Wildman–Crippen LogP) is 2.51. The van der Waals surface area contributed by atoms with E-state index in [2.05, 4.69) is 20.3 Å². The number of hydrogen-bond donors (Lipinski definition) is 5. The van der Waals surface area contributed by atoms with Gasteiger partial charge in [0.15, 0.2) is 6.04 Å². The van der Waals surface area contributed by atoms with E-state index in [1.807, 2.05) is 6.92 Å². The number of carboxylic acids is 1. The fourth-order valence-corrected chi connectivity index (χ4v) is 4.57. The lowest BCUT2D eigenvalue weighted by atomic mass is 10.0. The van der Waals surface area contributed by atoms with Crippen LogP contribution >= 0.6 is 11.3 Å². The van der Waals surface area contributed by atoms with Crippen LogP contribution in [0.15, 0.2) is 47.4 Å². The van der Waals surface area contributed by atoms with E-state index in [9.17, 15) is 29.6 Å². The normalized spacial score (nSPS) is 12.9. The van der Waals surface area contributed by atoms with Crippen molar-refractivity contribution in [1.29, 1.82) is 0 Å². The van der Waals surface area contributed by atoms with Gasteiger partial charge in [0.05, 0.1) is 15.2 Å². The van der Waals surface area contributed by atoms with Crippen LogP contribution in [0.4, 0.5) is 11.6 Å². The molecule has 174 valence electrons. The van der Waals surface area contributed by atoms with Crippen molar-refractivity contribution in [1.82, 2.24) is 20.3 Å². The number of aromatic nitrogens is 3. The van der Waals surface area contributed by atoms with E-state index in [1.54, 1.807) is 18.3 Å². The summed E-state index contributed by atoms with van der Waals surface area (Å²) in [6, 6.07) is 6.88. The van der Waals surface area contributed by atoms with E-state index >= 15 is 0 Å². The Bertz CT molecular complexity index is 1490. The van der Waals surface area contributed by atoms with Crippen LogP contribution in [0.1, 0.15) is 44.6 Å². The second-order valence-electron chi connectivity index (χ2n) is 7.44. The minimum absolute atomic E-state index is 0.00892. The summed E-state index contributed by atoms with van der Waals surface area (Å²) in [4.78, 5) is 57.7. The number of aromatic amines is 2. The average molecular weight is 482 g/mol. The number of nitrogens with zero attached hydrogens (tertiary/aromatic N) is 2. The molecule has 0 saturated carbocycles. The summed E-state index contributed by atoms with van der Waals surface area (Å²) in [6.07, 6.45) is 1.65. The minimum Gasteiger partial charge on any atom is -0.479 e. The third kappa shape index (κ3) is 4.23. The molecule has 2 atom stereocenters. The molecule has 0 bridgehead atoms. The number of nitro benzene ring substituents is 1. The van der Waals surface area contributed by atoms with Crippen molar-refractivity contribution < 1.29 is 19.6 Å². The zero-order chi connectivity index (χ0) is 24.6. The topological polar surface area (TPSA) is 197 Å². The Morgan fingerprint density at radius 2 is 2.06 bits per heavy atom. The van der Waals surface area contributed by atoms with Crippen LogP contribution in [-0.4, -0.2) is 36.9 Å². The molecule has 0 aliphatic heterocycles. The maximum absolute atomic E-state index is 12.8. The molecule has 2 unspecified atom stereocenters. The number of nitrogens with one attached hydrogen (secondary N) is 3. The highest BCUT2D eigenvalue weighted by molar-refractivity contribution is 7.14. The third-order valence-corrected chi connectivity index (χ3v) is 6.54. The summed E-state index contributed by atoms with van der Waals surface area (Å²) in [7, 11) is 0. The number of carboxylic acid groups (broad SMARTS) is 1. The first-order chi connectivity index (χ1) is 16.2. The Kier molecular flexibility index (Phi) is 5.86. The molecule has 6 N–H and O–H groups in total. The van der Waals surface area contributed by atoms with E-state index in [-0.39, 0.29) is 33.6 Å². The number of amides is 1. The van der Waals surface area contributed by atoms with Gasteiger partial charge in [0.25, 0.3) is 17.2 Å². The molecule has 3 heterocycles. The van der Waals surface area contributed by atoms with Crippen LogP contribution in [-0.2, 0) is 4.79 Å². The molecule has 4 rings (SSSR count). The average Bonchev–Trinajstić information content (AvgIpc) is 3.44. The van der Waals surface area contributed by atoms with Crippen LogP contribution in [0.5, 0.6) is 0 Å². The van der Waals surface area contributed by atoms with E-state index in [0.717, 1.165) is 22.3 Å². The smallest absolute Gasteiger partial charge is 0.330 e. The summed E-state index contributed by atoms with van der Waals surface area (Å²) in [5.41, 5.74) is 5.99. The molecule has 34 heavy (non-hydrogen) atoms. The molecule has 0 saturated heterocycles. The van der Waals surface area contributed by atoms with Gasteiger partial charge in [-0.25, -0.2) is 4.79 Å². The lowest BCUT2D eigenvalue weighted by Crippen LogP contribution is -2.33. The van der Waals surface area contributed by atoms with Crippen molar-refractivity contribution in [3.05, 3.63) is 83.9 Å². The standard InChI is InChI=1S/C21H18N6O6S/c1-9(12-8-23-17-15(12)19(29)26-21(22)25-17)13-5-6-14(34-13)18(28)24-16(20(30)31)10-3-2-4-11(7-10)27(32)33/h2-9,16H,1H3,(H,24,28)(H,30,31)(H4,22,23,25,26,29). The van der Waals surface area contributed by atoms with Crippen molar-refractivity contribution >= 4 is 45.9 Å². The van der Waals surface area contributed by atoms with Gasteiger partial charge in [0.1, 0.15) is 5.65 Å². The minimum atomic E-state index is -1.47. The summed E-state index contributed by atoms with van der Waals surface area (Å²) < 4.78 is 0. The Labute approximate surface area is 194 Å². The molecule has 0 spiro atoms. The van der Waals surface area contributed by atoms with Crippen LogP contribution < -0.4 is 16.6 Å². The summed E-state index contributed by atoms with van der Waals surface area (Å²) >= 11 is 1.14. The van der Waals surface area contributed by atoms with Gasteiger partial charge >= 0.3 is 5.97 Å². The zero-order valence-corrected chi connectivity index (χ0v) is 18.4. The number of nitrogens with two attached hydrogens (primary N) is 1. The first-order valence-electron chi connectivity index (χ1n) is 9.90. The molecule has 4 aromatic rings. The summed E-state index contributed by atoms with van der Waals surface area (Å²) in [5.74, 6) is -2.29. The fraction of sp³-hybridized carbons (Fsp3) is 0.143. The molecule has 13 heteroatoms. The molecule has 0 fully saturated rings. The predicted molar refractivity (Wildman–Crippen MR) is 124 cm³/mol. The molecular formula is C21H18N6O6S. The van der Waals surface area contributed by atoms with Gasteiger partial charge in [-0.2, -0.15) is 4.98 Å². The maximum Gasteiger partial charge on any atom is 0.330 e. The van der Waals surface area contributed by atoms with E-state index in [1.165, 1.54) is 18.2 Å². The molecule has 1 amide bonds. The first-order valence-corrected chi connectivity index (χ1v) is 10.7. The number of carbonyl (C=O) groups is 2. The van der Waals surface area contributed by atoms with Crippen molar-refractivity contribution in [3.8, 4) is 0 Å². The van der Waals surface area contributed by atoms with E-state index in [4.69, 9.17) is 5.73 Å². The number of H-pyrrole nitrogens is 2. The van der Waals surface area contributed by atoms with Crippen molar-refractivity contribution in [2.24, 2.45) is 0 Å². The zero-order valence-electron chi connectivity index (χ0n) is 17.6. The van der Waals surface area contributed by atoms with Crippen molar-refractivity contribution in [2.75, 3.05) is 5.73 Å². The lowest BCUT2D eigenvalue weighted by molar-refractivity contribution is -0.384. The molecule has 0 radical (unpaired) electrons. The van der Waals surface area contributed by atoms with Gasteiger partial charge in [-0.1, -0.05) is 19.1 Å². The van der Waals surface area contributed by atoms with Gasteiger partial charge in [-0.3, -0.25) is 24.7 Å². The number of thiophene rings is 1. The molecule has 0 aliphatic carbocycles. The number of carbonyl (C=O) groups excluding carboxylic acids is 1. The van der Waals surface area contributed by atoms with Gasteiger partial charge in [-0.05, 0) is 23.3 Å². The number of anilines is 1. The molecule has 0 aliphatic rings. The highest BCUT2D eigenvalue weighted by Crippen LogP contribution is 2.33. The Balaban J connectivity index is 1.58. The highest BCUT2D eigenvalue weighted by atomic mass is 32.1. The summed E-state index contributed by atoms with van der Waals surface area (Å²) in [6.45, 7) is 1.86. The largest absolute Gasteiger partial charge is 0.479 e. The third-order valence-electron chi connectivity index (χ3n) is 5.27. The number of nitrogen functional groups attached to an aromatic ring is 1. The molecule has 3 aromatic heterocycles. The Morgan fingerprint density at radius 3 is 2.76 bits per heavy atom. The molecular weight excluding hydrogens is 464 g/mol. The number of nitro groups is 1. The highest BCUT2D eigenvalue weighted by Gasteiger charge is 2.26. The SMILES string of the molecule is CC(c1ccc(C(=O)NC(C(=O)O)c2cccc([N+](=O)[O-])c2)s1)c1c[nH]c2nc(N)[nH]c(=O)c12. The van der Waals surface area contributed by atoms with Crippen molar-refractivity contribution in [3.63, 3.8) is 0 Å². The lowest BCUT2D eigenvalue weighted by Gasteiger charge is -2.14. The van der Waals surface area contributed by atoms with E-state index < -0.39 is 22.8 Å². The first kappa shape index (κ1) is 22.7. The van der Waals surface area contributed by atoms with Gasteiger partial charge in [0, 0.05) is 29.1 Å². The van der Waals surface area contributed by atoms with Gasteiger partial charge in [-0.15, -0.1) is 11.3 Å². The maximum atomic E-state index is 12.8. The van der Waals surface area contributed by atoms with Gasteiger partial charge < -0.3 is 21.1 Å². The van der Waals surface area contributed by atoms with Crippen LogP contribution in [0.2, 0.25) is 0 Å². The Morgan fingerprint density at radius 1 is 1.29 bits per heavy atom. The second kappa shape index (κ2) is 8.78. The van der Waals surface area contributed by atoms with Crippen LogP contribution in [0.25, 0.3) is 11.0 Å². The number of benzene rings is 1. The molecule has 1 aromatic carbocycles. The molecule has 12 nitrogen and oxygen atoms in total. The number of aliphatic carboxylic acids is 1. The number of rotatable bonds is 7. The number of fused-ring (bicyclic) bond motifs is 1. The summed E-state index contributed by atoms with van der Waals surface area (Å²) in [5, 5.41) is 23.4. The second-order valence-corrected chi connectivity index (χ2v) is 8.55. The number of non-ortho nitro benzene ring substituents is 1.